The summed E-state index contributed by atoms with van der Waals surface area (Å²) >= 11 is 0. The highest BCUT2D eigenvalue weighted by molar-refractivity contribution is 5.49. The molecule has 3 aromatic carbocycles. The monoisotopic (exact) mass is 474 g/mol. The minimum absolute atomic E-state index is 0.155. The Labute approximate surface area is 192 Å². The van der Waals surface area contributed by atoms with Gasteiger partial charge in [0, 0.05) is 11.1 Å². The fourth-order valence-corrected chi connectivity index (χ4v) is 3.09. The molecule has 0 spiro atoms. The van der Waals surface area contributed by atoms with Crippen molar-refractivity contribution in [2.45, 2.75) is 32.4 Å². The molecule has 0 aliphatic rings. The first kappa shape index (κ1) is 24.9. The van der Waals surface area contributed by atoms with Gasteiger partial charge in [0.15, 0.2) is 0 Å². The van der Waals surface area contributed by atoms with Crippen LogP contribution in [0.5, 0.6) is 0 Å². The zero-order valence-corrected chi connectivity index (χ0v) is 17.9. The second kappa shape index (κ2) is 10.5. The number of hydrogen-bond donors (Lipinski definition) is 0. The molecule has 0 N–H and O–H groups in total. The molecule has 0 fully saturated rings. The van der Waals surface area contributed by atoms with Crippen molar-refractivity contribution in [3.63, 3.8) is 0 Å². The maximum Gasteiger partial charge on any atom is 0.422 e. The molecule has 0 atom stereocenters. The largest absolute Gasteiger partial charge is 0.422 e. The highest BCUT2D eigenvalue weighted by atomic mass is 19.4. The van der Waals surface area contributed by atoms with Crippen LogP contribution >= 0.6 is 0 Å². The van der Waals surface area contributed by atoms with Gasteiger partial charge in [-0.05, 0) is 60.9 Å². The van der Waals surface area contributed by atoms with Crippen LogP contribution < -0.4 is 0 Å². The molecule has 174 valence electrons. The Morgan fingerprint density at radius 2 is 1.18 bits per heavy atom. The van der Waals surface area contributed by atoms with Gasteiger partial charge in [0.05, 0.1) is 11.1 Å². The summed E-state index contributed by atoms with van der Waals surface area (Å²) in [7, 11) is 0. The van der Waals surface area contributed by atoms with Crippen molar-refractivity contribution in [2.24, 2.45) is 0 Å². The summed E-state index contributed by atoms with van der Waals surface area (Å²) in [5.41, 5.74) is -1.28. The lowest BCUT2D eigenvalue weighted by Crippen LogP contribution is -2.11. The van der Waals surface area contributed by atoms with Gasteiger partial charge in [-0.2, -0.15) is 13.2 Å². The lowest BCUT2D eigenvalue weighted by Gasteiger charge is -2.09. The molecule has 0 nitrogen and oxygen atoms in total. The smallest absolute Gasteiger partial charge is 0.206 e. The number of hydrogen-bond acceptors (Lipinski definition) is 0. The van der Waals surface area contributed by atoms with E-state index < -0.39 is 35.0 Å². The summed E-state index contributed by atoms with van der Waals surface area (Å²) in [6, 6.07) is 9.36. The van der Waals surface area contributed by atoms with Crippen LogP contribution in [0.15, 0.2) is 48.5 Å². The van der Waals surface area contributed by atoms with E-state index in [1.165, 1.54) is 18.2 Å². The molecular weight excluding hydrogens is 457 g/mol. The number of unbranched alkanes of at least 4 members (excludes halogenated alkanes) is 1. The van der Waals surface area contributed by atoms with Crippen molar-refractivity contribution < 1.29 is 30.7 Å². The fourth-order valence-electron chi connectivity index (χ4n) is 3.09. The quantitative estimate of drug-likeness (QED) is 0.274. The minimum Gasteiger partial charge on any atom is -0.206 e. The molecule has 3 rings (SSSR count). The van der Waals surface area contributed by atoms with Gasteiger partial charge in [0.2, 0.25) is 0 Å². The predicted octanol–water partition coefficient (Wildman–Crippen LogP) is 7.40. The van der Waals surface area contributed by atoms with Gasteiger partial charge < -0.3 is 0 Å². The Kier molecular flexibility index (Phi) is 7.68. The summed E-state index contributed by atoms with van der Waals surface area (Å²) in [5.74, 6) is 4.97. The molecule has 0 radical (unpaired) electrons. The molecular formula is C27H17F7. The van der Waals surface area contributed by atoms with Gasteiger partial charge in [0.1, 0.15) is 28.8 Å². The summed E-state index contributed by atoms with van der Waals surface area (Å²) in [6.07, 6.45) is -2.49. The summed E-state index contributed by atoms with van der Waals surface area (Å²) < 4.78 is 93.8. The molecule has 0 unspecified atom stereocenters. The van der Waals surface area contributed by atoms with Crippen molar-refractivity contribution in [1.29, 1.82) is 0 Å². The summed E-state index contributed by atoms with van der Waals surface area (Å²) in [4.78, 5) is 0. The van der Waals surface area contributed by atoms with Crippen molar-refractivity contribution in [3.8, 4) is 23.7 Å². The van der Waals surface area contributed by atoms with Crippen molar-refractivity contribution in [2.75, 3.05) is 0 Å². The first-order valence-corrected chi connectivity index (χ1v) is 10.3. The number of rotatable bonds is 3. The van der Waals surface area contributed by atoms with Gasteiger partial charge in [-0.3, -0.25) is 0 Å². The standard InChI is InChI=1S/C27H17F7/c1-2-3-4-17-5-9-20(22(28)13-17)10-6-18-7-11-21(23(29)14-18)12-8-19-15-24(30)26(25(31)16-19)27(32,33)34/h5,7,9,11,13-16H,2-4H2,1H3. The molecule has 34 heavy (non-hydrogen) atoms. The van der Waals surface area contributed by atoms with Gasteiger partial charge in [-0.15, -0.1) is 0 Å². The summed E-state index contributed by atoms with van der Waals surface area (Å²) in [6.45, 7) is 2.04. The van der Waals surface area contributed by atoms with E-state index in [-0.39, 0.29) is 22.3 Å². The normalized spacial score (nSPS) is 10.8. The van der Waals surface area contributed by atoms with Gasteiger partial charge in [0.25, 0.3) is 0 Å². The zero-order chi connectivity index (χ0) is 24.9. The van der Waals surface area contributed by atoms with Crippen LogP contribution in [-0.2, 0) is 12.6 Å². The first-order valence-electron chi connectivity index (χ1n) is 10.3. The van der Waals surface area contributed by atoms with Crippen LogP contribution in [0.2, 0.25) is 0 Å². The van der Waals surface area contributed by atoms with Crippen LogP contribution in [-0.4, -0.2) is 0 Å². The van der Waals surface area contributed by atoms with E-state index in [0.717, 1.165) is 30.9 Å². The Balaban J connectivity index is 1.80. The topological polar surface area (TPSA) is 0 Å². The van der Waals surface area contributed by atoms with Crippen molar-refractivity contribution >= 4 is 0 Å². The third-order valence-electron chi connectivity index (χ3n) is 4.83. The van der Waals surface area contributed by atoms with E-state index in [1.807, 2.05) is 6.92 Å². The molecule has 0 aromatic heterocycles. The SMILES string of the molecule is CCCCc1ccc(C#Cc2ccc(C#Cc3cc(F)c(C(F)(F)F)c(F)c3)c(F)c2)c(F)c1. The third-order valence-corrected chi connectivity index (χ3v) is 4.83. The van der Waals surface area contributed by atoms with E-state index in [9.17, 15) is 30.7 Å². The van der Waals surface area contributed by atoms with Crippen molar-refractivity contribution in [1.82, 2.24) is 0 Å². The van der Waals surface area contributed by atoms with E-state index in [0.29, 0.717) is 12.1 Å². The van der Waals surface area contributed by atoms with Gasteiger partial charge in [-0.1, -0.05) is 43.1 Å². The third kappa shape index (κ3) is 6.20. The van der Waals surface area contributed by atoms with Crippen molar-refractivity contribution in [3.05, 3.63) is 105 Å². The highest BCUT2D eigenvalue weighted by Crippen LogP contribution is 2.33. The second-order valence-electron chi connectivity index (χ2n) is 7.43. The minimum atomic E-state index is -5.19. The molecule has 0 heterocycles. The van der Waals surface area contributed by atoms with Gasteiger partial charge in [-0.25, -0.2) is 17.6 Å². The highest BCUT2D eigenvalue weighted by Gasteiger charge is 2.37. The average molecular weight is 474 g/mol. The lowest BCUT2D eigenvalue weighted by atomic mass is 10.1. The number of alkyl halides is 3. The van der Waals surface area contributed by atoms with E-state index in [2.05, 4.69) is 23.7 Å². The molecule has 0 amide bonds. The Bertz CT molecular complexity index is 1310. The van der Waals surface area contributed by atoms with Gasteiger partial charge >= 0.3 is 6.18 Å². The fraction of sp³-hybridized carbons (Fsp3) is 0.185. The van der Waals surface area contributed by atoms with Crippen LogP contribution in [0.3, 0.4) is 0 Å². The van der Waals surface area contributed by atoms with Crippen LogP contribution in [0.25, 0.3) is 0 Å². The number of aryl methyl sites for hydroxylation is 1. The summed E-state index contributed by atoms with van der Waals surface area (Å²) in [5, 5.41) is 0. The van der Waals surface area contributed by atoms with Crippen LogP contribution in [0, 0.1) is 47.0 Å². The maximum atomic E-state index is 14.4. The molecule has 0 saturated heterocycles. The Morgan fingerprint density at radius 1 is 0.647 bits per heavy atom. The van der Waals surface area contributed by atoms with E-state index in [1.54, 1.807) is 12.1 Å². The lowest BCUT2D eigenvalue weighted by molar-refractivity contribution is -0.142. The molecule has 0 saturated carbocycles. The number of halogens is 7. The Hall–Kier alpha value is -3.71. The zero-order valence-electron chi connectivity index (χ0n) is 17.9. The van der Waals surface area contributed by atoms with E-state index in [4.69, 9.17) is 0 Å². The maximum absolute atomic E-state index is 14.4. The molecule has 0 bridgehead atoms. The molecule has 3 aromatic rings. The molecule has 0 aliphatic heterocycles. The van der Waals surface area contributed by atoms with Crippen LogP contribution in [0.1, 0.15) is 53.1 Å². The molecule has 7 heteroatoms. The Morgan fingerprint density at radius 3 is 1.71 bits per heavy atom. The van der Waals surface area contributed by atoms with Crippen LogP contribution in [0.4, 0.5) is 30.7 Å². The molecule has 0 aliphatic carbocycles. The number of benzene rings is 3. The van der Waals surface area contributed by atoms with E-state index >= 15 is 0 Å². The first-order chi connectivity index (χ1) is 16.1. The predicted molar refractivity (Wildman–Crippen MR) is 115 cm³/mol. The average Bonchev–Trinajstić information content (AvgIpc) is 2.75. The second-order valence-corrected chi connectivity index (χ2v) is 7.43.